The van der Waals surface area contributed by atoms with Gasteiger partial charge in [0, 0.05) is 12.6 Å². The van der Waals surface area contributed by atoms with Gasteiger partial charge in [-0.3, -0.25) is 0 Å². The van der Waals surface area contributed by atoms with Crippen molar-refractivity contribution in [2.75, 3.05) is 34.0 Å². The number of ether oxygens (including phenoxy) is 2. The average molecular weight is 295 g/mol. The number of methoxy groups -OCH3 is 1. The molecule has 0 fully saturated rings. The van der Waals surface area contributed by atoms with E-state index in [-0.39, 0.29) is 12.1 Å². The van der Waals surface area contributed by atoms with Gasteiger partial charge < -0.3 is 19.9 Å². The van der Waals surface area contributed by atoms with Crippen molar-refractivity contribution in [2.45, 2.75) is 38.1 Å². The van der Waals surface area contributed by atoms with Crippen LogP contribution in [0.2, 0.25) is 0 Å². The molecule has 1 aromatic rings. The number of likely N-dealkylation sites (N-methyl/N-ethyl adjacent to an activating group) is 1. The first-order valence-electron chi connectivity index (χ1n) is 7.64. The van der Waals surface area contributed by atoms with Crippen molar-refractivity contribution in [3.63, 3.8) is 0 Å². The van der Waals surface area contributed by atoms with Gasteiger partial charge in [0.15, 0.2) is 0 Å². The van der Waals surface area contributed by atoms with Crippen LogP contribution in [0.4, 0.5) is 0 Å². The van der Waals surface area contributed by atoms with Crippen molar-refractivity contribution in [1.82, 2.24) is 5.32 Å². The SMILES string of the molecule is CNC(C)(CO)CCCCOc1ccc(CCOC)cc1. The quantitative estimate of drug-likeness (QED) is 0.616. The Morgan fingerprint density at radius 3 is 2.43 bits per heavy atom. The highest BCUT2D eigenvalue weighted by molar-refractivity contribution is 5.27. The van der Waals surface area contributed by atoms with Gasteiger partial charge in [0.25, 0.3) is 0 Å². The molecule has 0 aromatic heterocycles. The minimum atomic E-state index is -0.178. The molecular weight excluding hydrogens is 266 g/mol. The van der Waals surface area contributed by atoms with Crippen molar-refractivity contribution < 1.29 is 14.6 Å². The number of nitrogens with one attached hydrogen (secondary N) is 1. The Morgan fingerprint density at radius 2 is 1.86 bits per heavy atom. The molecule has 0 spiro atoms. The lowest BCUT2D eigenvalue weighted by Crippen LogP contribution is -2.43. The number of unbranched alkanes of at least 4 members (excludes halogenated alkanes) is 1. The van der Waals surface area contributed by atoms with E-state index < -0.39 is 0 Å². The van der Waals surface area contributed by atoms with Crippen LogP contribution >= 0.6 is 0 Å². The van der Waals surface area contributed by atoms with Crippen LogP contribution in [0.15, 0.2) is 24.3 Å². The molecule has 2 N–H and O–H groups in total. The summed E-state index contributed by atoms with van der Waals surface area (Å²) < 4.78 is 10.8. The van der Waals surface area contributed by atoms with E-state index in [2.05, 4.69) is 17.4 Å². The lowest BCUT2D eigenvalue weighted by molar-refractivity contribution is 0.168. The standard InChI is InChI=1S/C17H29NO3/c1-17(14-19,18-2)11-4-5-12-21-16-8-6-15(7-9-16)10-13-20-3/h6-9,18-19H,4-5,10-14H2,1-3H3. The van der Waals surface area contributed by atoms with E-state index in [1.165, 1.54) is 5.56 Å². The van der Waals surface area contributed by atoms with Gasteiger partial charge in [-0.15, -0.1) is 0 Å². The van der Waals surface area contributed by atoms with Crippen LogP contribution in [0.1, 0.15) is 31.7 Å². The summed E-state index contributed by atoms with van der Waals surface area (Å²) in [5.41, 5.74) is 1.08. The number of aliphatic hydroxyl groups is 1. The van der Waals surface area contributed by atoms with E-state index in [4.69, 9.17) is 9.47 Å². The predicted octanol–water partition coefficient (Wildman–Crippen LogP) is 2.40. The molecule has 1 atom stereocenters. The van der Waals surface area contributed by atoms with E-state index in [0.717, 1.165) is 38.0 Å². The summed E-state index contributed by atoms with van der Waals surface area (Å²) in [6, 6.07) is 8.18. The topological polar surface area (TPSA) is 50.7 Å². The zero-order valence-corrected chi connectivity index (χ0v) is 13.5. The van der Waals surface area contributed by atoms with E-state index in [1.54, 1.807) is 7.11 Å². The first-order chi connectivity index (χ1) is 10.1. The summed E-state index contributed by atoms with van der Waals surface area (Å²) in [5, 5.41) is 12.5. The smallest absolute Gasteiger partial charge is 0.119 e. The minimum Gasteiger partial charge on any atom is -0.494 e. The number of hydrogen-bond donors (Lipinski definition) is 2. The van der Waals surface area contributed by atoms with E-state index in [9.17, 15) is 5.11 Å². The molecule has 120 valence electrons. The Hall–Kier alpha value is -1.10. The fraction of sp³-hybridized carbons (Fsp3) is 0.647. The van der Waals surface area contributed by atoms with Crippen LogP contribution in [0.3, 0.4) is 0 Å². The van der Waals surface area contributed by atoms with Crippen molar-refractivity contribution in [2.24, 2.45) is 0 Å². The second-order valence-electron chi connectivity index (χ2n) is 5.66. The number of hydrogen-bond acceptors (Lipinski definition) is 4. The van der Waals surface area contributed by atoms with Crippen molar-refractivity contribution in [3.05, 3.63) is 29.8 Å². The molecule has 0 aliphatic carbocycles. The Labute approximate surface area is 128 Å². The van der Waals surface area contributed by atoms with Gasteiger partial charge in [-0.2, -0.15) is 0 Å². The van der Waals surface area contributed by atoms with Crippen LogP contribution in [0.5, 0.6) is 5.75 Å². The average Bonchev–Trinajstić information content (AvgIpc) is 2.53. The highest BCUT2D eigenvalue weighted by Crippen LogP contribution is 2.15. The lowest BCUT2D eigenvalue weighted by Gasteiger charge is -2.26. The van der Waals surface area contributed by atoms with Gasteiger partial charge in [-0.1, -0.05) is 12.1 Å². The molecule has 0 amide bonds. The monoisotopic (exact) mass is 295 g/mol. The number of benzene rings is 1. The largest absolute Gasteiger partial charge is 0.494 e. The summed E-state index contributed by atoms with van der Waals surface area (Å²) >= 11 is 0. The van der Waals surface area contributed by atoms with Gasteiger partial charge in [0.1, 0.15) is 5.75 Å². The maximum atomic E-state index is 9.30. The van der Waals surface area contributed by atoms with Gasteiger partial charge in [-0.25, -0.2) is 0 Å². The third-order valence-electron chi connectivity index (χ3n) is 3.86. The van der Waals surface area contributed by atoms with Crippen LogP contribution in [0.25, 0.3) is 0 Å². The molecule has 0 saturated heterocycles. The fourth-order valence-electron chi connectivity index (χ4n) is 2.06. The molecule has 0 heterocycles. The normalized spacial score (nSPS) is 13.9. The maximum absolute atomic E-state index is 9.30. The summed E-state index contributed by atoms with van der Waals surface area (Å²) in [6.07, 6.45) is 3.90. The molecule has 0 saturated carbocycles. The molecule has 1 unspecified atom stereocenters. The Balaban J connectivity index is 2.21. The van der Waals surface area contributed by atoms with Crippen LogP contribution < -0.4 is 10.1 Å². The fourth-order valence-corrected chi connectivity index (χ4v) is 2.06. The van der Waals surface area contributed by atoms with Crippen molar-refractivity contribution in [1.29, 1.82) is 0 Å². The van der Waals surface area contributed by atoms with E-state index in [1.807, 2.05) is 26.1 Å². The third kappa shape index (κ3) is 6.93. The van der Waals surface area contributed by atoms with Gasteiger partial charge in [-0.05, 0) is 57.4 Å². The Bertz CT molecular complexity index is 374. The highest BCUT2D eigenvalue weighted by Gasteiger charge is 2.19. The molecule has 4 nitrogen and oxygen atoms in total. The Morgan fingerprint density at radius 1 is 1.14 bits per heavy atom. The lowest BCUT2D eigenvalue weighted by atomic mass is 9.96. The van der Waals surface area contributed by atoms with Crippen molar-refractivity contribution >= 4 is 0 Å². The summed E-state index contributed by atoms with van der Waals surface area (Å²) in [7, 11) is 3.60. The molecule has 0 aliphatic heterocycles. The van der Waals surface area contributed by atoms with Gasteiger partial charge >= 0.3 is 0 Å². The zero-order chi connectivity index (χ0) is 15.6. The second-order valence-corrected chi connectivity index (χ2v) is 5.66. The maximum Gasteiger partial charge on any atom is 0.119 e. The number of aliphatic hydroxyl groups excluding tert-OH is 1. The minimum absolute atomic E-state index is 0.160. The van der Waals surface area contributed by atoms with Gasteiger partial charge in [0.05, 0.1) is 19.8 Å². The third-order valence-corrected chi connectivity index (χ3v) is 3.86. The molecule has 0 bridgehead atoms. The second kappa shape index (κ2) is 9.77. The molecule has 1 aromatic carbocycles. The van der Waals surface area contributed by atoms with Crippen LogP contribution in [-0.4, -0.2) is 44.6 Å². The molecule has 21 heavy (non-hydrogen) atoms. The summed E-state index contributed by atoms with van der Waals surface area (Å²) in [4.78, 5) is 0. The van der Waals surface area contributed by atoms with Gasteiger partial charge in [0.2, 0.25) is 0 Å². The van der Waals surface area contributed by atoms with Crippen LogP contribution in [-0.2, 0) is 11.2 Å². The summed E-state index contributed by atoms with van der Waals surface area (Å²) in [6.45, 7) is 3.65. The number of rotatable bonds is 11. The first-order valence-corrected chi connectivity index (χ1v) is 7.64. The first kappa shape index (κ1) is 18.0. The molecule has 0 aliphatic rings. The van der Waals surface area contributed by atoms with E-state index in [0.29, 0.717) is 6.61 Å². The summed E-state index contributed by atoms with van der Waals surface area (Å²) in [5.74, 6) is 0.912. The predicted molar refractivity (Wildman–Crippen MR) is 85.9 cm³/mol. The molecule has 0 radical (unpaired) electrons. The zero-order valence-electron chi connectivity index (χ0n) is 13.5. The molecule has 4 heteroatoms. The Kier molecular flexibility index (Phi) is 8.35. The van der Waals surface area contributed by atoms with Crippen molar-refractivity contribution in [3.8, 4) is 5.75 Å². The van der Waals surface area contributed by atoms with E-state index >= 15 is 0 Å². The molecular formula is C17H29NO3. The molecule has 1 rings (SSSR count). The van der Waals surface area contributed by atoms with Crippen LogP contribution in [0, 0.1) is 0 Å². The highest BCUT2D eigenvalue weighted by atomic mass is 16.5.